The number of allylic oxidation sites excluding steroid dienone is 5. The molecule has 2 heterocycles. The van der Waals surface area contributed by atoms with Crippen molar-refractivity contribution in [2.75, 3.05) is 5.32 Å². The predicted octanol–water partition coefficient (Wildman–Crippen LogP) is 6.52. The number of nitrogens with zero attached hydrogens (tertiary/aromatic N) is 3. The lowest BCUT2D eigenvalue weighted by Gasteiger charge is -2.10. The third kappa shape index (κ3) is 8.08. The zero-order chi connectivity index (χ0) is 24.5. The molecule has 168 valence electrons. The van der Waals surface area contributed by atoms with Gasteiger partial charge in [-0.15, -0.1) is 19.4 Å². The Bertz CT molecular complexity index is 1110. The molecule has 1 aromatic carbocycles. The quantitative estimate of drug-likeness (QED) is 0.291. The van der Waals surface area contributed by atoms with Crippen molar-refractivity contribution in [3.63, 3.8) is 0 Å². The molecule has 2 aromatic heterocycles. The summed E-state index contributed by atoms with van der Waals surface area (Å²) in [6.07, 6.45) is 17.3. The van der Waals surface area contributed by atoms with Crippen LogP contribution in [0, 0.1) is 12.8 Å². The summed E-state index contributed by atoms with van der Waals surface area (Å²) in [6, 6.07) is 11.5. The summed E-state index contributed by atoms with van der Waals surface area (Å²) in [4.78, 5) is 21.5. The molecule has 5 nitrogen and oxygen atoms in total. The number of hydrogen-bond donors (Lipinski definition) is 1. The molecule has 0 aliphatic heterocycles. The van der Waals surface area contributed by atoms with Crippen molar-refractivity contribution in [2.45, 2.75) is 34.6 Å². The monoisotopic (exact) mass is 430 g/mol. The van der Waals surface area contributed by atoms with Crippen molar-refractivity contribution in [3.8, 4) is 12.8 Å². The number of para-hydroxylation sites is 1. The maximum absolute atomic E-state index is 12.7. The molecule has 0 unspecified atom stereocenters. The molecule has 0 fully saturated rings. The molecule has 5 heteroatoms. The van der Waals surface area contributed by atoms with Crippen LogP contribution in [0.5, 0.6) is 0 Å². The number of anilines is 2. The van der Waals surface area contributed by atoms with Crippen LogP contribution in [-0.2, 0) is 7.05 Å². The van der Waals surface area contributed by atoms with E-state index in [1.807, 2.05) is 89.2 Å². The summed E-state index contributed by atoms with van der Waals surface area (Å²) in [5.41, 5.74) is 2.98. The van der Waals surface area contributed by atoms with E-state index in [4.69, 9.17) is 0 Å². The number of nitrogens with one attached hydrogen (secondary N) is 1. The Labute approximate surface area is 192 Å². The first-order chi connectivity index (χ1) is 15.5. The smallest absolute Gasteiger partial charge is 0.259 e. The Hall–Kier alpha value is -3.91. The number of terminal acetylenes is 1. The molecule has 0 saturated carbocycles. The second kappa shape index (κ2) is 15.9. The van der Waals surface area contributed by atoms with E-state index in [1.54, 1.807) is 23.9 Å². The van der Waals surface area contributed by atoms with Crippen LogP contribution < -0.4 is 10.9 Å². The minimum atomic E-state index is -0.0740. The number of benzene rings is 1. The minimum absolute atomic E-state index is 0.0740. The third-order valence-corrected chi connectivity index (χ3v) is 3.94. The number of pyridine rings is 1. The number of aromatic nitrogens is 3. The van der Waals surface area contributed by atoms with E-state index in [0.29, 0.717) is 17.2 Å². The molecule has 0 bridgehead atoms. The van der Waals surface area contributed by atoms with Gasteiger partial charge in [0.05, 0.1) is 0 Å². The van der Waals surface area contributed by atoms with Crippen LogP contribution in [0.2, 0.25) is 0 Å². The maximum Gasteiger partial charge on any atom is 0.259 e. The predicted molar refractivity (Wildman–Crippen MR) is 140 cm³/mol. The van der Waals surface area contributed by atoms with Crippen molar-refractivity contribution in [3.05, 3.63) is 89.4 Å². The molecular weight excluding hydrogens is 396 g/mol. The molecular formula is C27H34N4O. The summed E-state index contributed by atoms with van der Waals surface area (Å²) in [6.45, 7) is 13.1. The van der Waals surface area contributed by atoms with Gasteiger partial charge in [-0.05, 0) is 44.5 Å². The summed E-state index contributed by atoms with van der Waals surface area (Å²) in [5.74, 6) is 0.461. The molecule has 0 atom stereocenters. The first-order valence-corrected chi connectivity index (χ1v) is 10.4. The van der Waals surface area contributed by atoms with Crippen LogP contribution in [0.4, 0.5) is 11.6 Å². The number of aryl methyl sites for hydroxylation is 1. The standard InChI is InChI=1S/C20H20N4O.C3H6.C2H6.C2H2/c1-4-5-9-14(2)17-12-15-13-21-20(22-16-10-7-6-8-11-16)23-18(15)24(3)19(17)25;1-3-2;2*1-2/h4-13H,1-3H3,(H,21,22,23);3H,1H2,2H3;1-2H3;1-2H/b5-4-,14-9+;;;. The maximum atomic E-state index is 12.7. The zero-order valence-electron chi connectivity index (χ0n) is 20.0. The first kappa shape index (κ1) is 28.1. The molecule has 32 heavy (non-hydrogen) atoms. The molecule has 1 N–H and O–H groups in total. The van der Waals surface area contributed by atoms with E-state index >= 15 is 0 Å². The van der Waals surface area contributed by atoms with Gasteiger partial charge >= 0.3 is 0 Å². The number of fused-ring (bicyclic) bond motifs is 1. The summed E-state index contributed by atoms with van der Waals surface area (Å²) in [5, 5.41) is 3.97. The fourth-order valence-corrected chi connectivity index (χ4v) is 2.57. The Morgan fingerprint density at radius 3 is 2.31 bits per heavy atom. The van der Waals surface area contributed by atoms with E-state index in [0.717, 1.165) is 16.6 Å². The van der Waals surface area contributed by atoms with Crippen LogP contribution >= 0.6 is 0 Å². The molecule has 3 rings (SSSR count). The van der Waals surface area contributed by atoms with Crippen molar-refractivity contribution < 1.29 is 0 Å². The van der Waals surface area contributed by atoms with Crippen molar-refractivity contribution in [1.29, 1.82) is 0 Å². The molecule has 3 aromatic rings. The fourth-order valence-electron chi connectivity index (χ4n) is 2.57. The highest BCUT2D eigenvalue weighted by atomic mass is 16.1. The summed E-state index contributed by atoms with van der Waals surface area (Å²) >= 11 is 0. The van der Waals surface area contributed by atoms with Crippen LogP contribution in [-0.4, -0.2) is 14.5 Å². The van der Waals surface area contributed by atoms with E-state index in [9.17, 15) is 4.79 Å². The SMILES string of the molecule is C#C.C/C=C\C=C(/C)c1cc2cnc(Nc3ccccc3)nc2n(C)c1=O.C=CC.CC. The zero-order valence-corrected chi connectivity index (χ0v) is 20.0. The fraction of sp³-hybridized carbons (Fsp3) is 0.222. The molecule has 0 saturated heterocycles. The van der Waals surface area contributed by atoms with Gasteiger partial charge in [0.25, 0.3) is 5.56 Å². The lowest BCUT2D eigenvalue weighted by molar-refractivity contribution is 0.880. The van der Waals surface area contributed by atoms with Gasteiger partial charge in [-0.2, -0.15) is 4.98 Å². The molecule has 0 aliphatic carbocycles. The highest BCUT2D eigenvalue weighted by Gasteiger charge is 2.10. The molecule has 0 aliphatic rings. The van der Waals surface area contributed by atoms with Gasteiger partial charge in [0.1, 0.15) is 5.65 Å². The number of rotatable bonds is 4. The van der Waals surface area contributed by atoms with Gasteiger partial charge in [0, 0.05) is 29.9 Å². The minimum Gasteiger partial charge on any atom is -0.324 e. The first-order valence-electron chi connectivity index (χ1n) is 10.4. The van der Waals surface area contributed by atoms with Gasteiger partial charge in [-0.1, -0.05) is 56.4 Å². The van der Waals surface area contributed by atoms with Crippen LogP contribution in [0.15, 0.2) is 78.3 Å². The van der Waals surface area contributed by atoms with Crippen LogP contribution in [0.3, 0.4) is 0 Å². The van der Waals surface area contributed by atoms with Gasteiger partial charge in [0.15, 0.2) is 0 Å². The van der Waals surface area contributed by atoms with Crippen LogP contribution in [0.1, 0.15) is 40.2 Å². The van der Waals surface area contributed by atoms with Gasteiger partial charge in [-0.25, -0.2) is 4.98 Å². The van der Waals surface area contributed by atoms with E-state index in [2.05, 4.69) is 34.7 Å². The lowest BCUT2D eigenvalue weighted by Crippen LogP contribution is -2.21. The average molecular weight is 431 g/mol. The second-order valence-corrected chi connectivity index (χ2v) is 6.17. The van der Waals surface area contributed by atoms with Gasteiger partial charge in [0.2, 0.25) is 5.95 Å². The molecule has 0 radical (unpaired) electrons. The van der Waals surface area contributed by atoms with E-state index < -0.39 is 0 Å². The molecule has 0 amide bonds. The lowest BCUT2D eigenvalue weighted by atomic mass is 10.1. The normalized spacial score (nSPS) is 10.1. The Morgan fingerprint density at radius 1 is 1.16 bits per heavy atom. The van der Waals surface area contributed by atoms with Crippen LogP contribution in [0.25, 0.3) is 16.6 Å². The van der Waals surface area contributed by atoms with Crippen molar-refractivity contribution in [2.24, 2.45) is 7.05 Å². The summed E-state index contributed by atoms with van der Waals surface area (Å²) in [7, 11) is 1.73. The Balaban J connectivity index is 0.00000124. The largest absolute Gasteiger partial charge is 0.324 e. The van der Waals surface area contributed by atoms with Gasteiger partial charge in [-0.3, -0.25) is 9.36 Å². The Morgan fingerprint density at radius 2 is 1.75 bits per heavy atom. The van der Waals surface area contributed by atoms with E-state index in [-0.39, 0.29) is 5.56 Å². The average Bonchev–Trinajstić information content (AvgIpc) is 2.84. The van der Waals surface area contributed by atoms with Crippen molar-refractivity contribution >= 4 is 28.2 Å². The highest BCUT2D eigenvalue weighted by Crippen LogP contribution is 2.18. The van der Waals surface area contributed by atoms with Crippen molar-refractivity contribution in [1.82, 2.24) is 14.5 Å². The van der Waals surface area contributed by atoms with E-state index in [1.165, 1.54) is 0 Å². The second-order valence-electron chi connectivity index (χ2n) is 6.17. The third-order valence-electron chi connectivity index (χ3n) is 3.94. The Kier molecular flexibility index (Phi) is 13.9. The summed E-state index contributed by atoms with van der Waals surface area (Å²) < 4.78 is 1.56. The topological polar surface area (TPSA) is 59.8 Å². The molecule has 0 spiro atoms. The van der Waals surface area contributed by atoms with Gasteiger partial charge < -0.3 is 5.32 Å². The number of hydrogen-bond acceptors (Lipinski definition) is 4. The highest BCUT2D eigenvalue weighted by molar-refractivity contribution is 5.80.